The third-order valence-corrected chi connectivity index (χ3v) is 12.6. The number of amides is 1. The van der Waals surface area contributed by atoms with E-state index in [0.717, 1.165) is 5.57 Å². The molecule has 1 aliphatic carbocycles. The van der Waals surface area contributed by atoms with Crippen LogP contribution in [0.2, 0.25) is 0 Å². The molecular formula is C43H67NO11. The average Bonchev–Trinajstić information content (AvgIpc) is 3.16. The summed E-state index contributed by atoms with van der Waals surface area (Å²) in [5.74, 6) is -7.25. The van der Waals surface area contributed by atoms with Gasteiger partial charge in [-0.1, -0.05) is 44.6 Å². The lowest BCUT2D eigenvalue weighted by molar-refractivity contribution is -0.287. The number of Topliss-reactive ketones (excluding diaryl/α,β-unsaturated/α-hetero) is 2. The standard InChI is InChI=1S/C43H67NO11/c1-9-12-31-20-26(3)19-25(2)14-17-36-38(53-8)22-28(5)43(51,55-36)40(48)41(49)44-18-11-10-13-32(44)42(50)54-39(29(6)34(46)24-35(31)47)27(4)21-30-15-16-33(45)37(23-30)52-7/h9,20-21,25,28-34,36-39,45-46,51H,1,10-19,22-24H2,2-8H3/b26-20+,27-21+/t25-,28?,29-,30?,31?,32?,33-,34+,36-,37?,38?,39-,43?/m1/s1. The minimum atomic E-state index is -2.41. The maximum atomic E-state index is 14.2. The summed E-state index contributed by atoms with van der Waals surface area (Å²) in [6, 6.07) is -1.11. The second kappa shape index (κ2) is 20.1. The Bertz CT molecular complexity index is 1430. The summed E-state index contributed by atoms with van der Waals surface area (Å²) in [7, 11) is 3.13. The third-order valence-electron chi connectivity index (χ3n) is 12.6. The fourth-order valence-corrected chi connectivity index (χ4v) is 9.12. The van der Waals surface area contributed by atoms with Crippen LogP contribution in [0.3, 0.4) is 0 Å². The molecule has 12 nitrogen and oxygen atoms in total. The average molecular weight is 774 g/mol. The number of carbonyl (C=O) groups is 4. The van der Waals surface area contributed by atoms with Crippen LogP contribution in [0.15, 0.2) is 36.0 Å². The highest BCUT2D eigenvalue weighted by atomic mass is 16.7. The van der Waals surface area contributed by atoms with Gasteiger partial charge in [-0.05, 0) is 102 Å². The van der Waals surface area contributed by atoms with Gasteiger partial charge in [-0.2, -0.15) is 0 Å². The first-order valence-electron chi connectivity index (χ1n) is 20.4. The Hall–Kier alpha value is -2.74. The Morgan fingerprint density at radius 1 is 0.964 bits per heavy atom. The summed E-state index contributed by atoms with van der Waals surface area (Å²) in [5.41, 5.74) is 1.67. The first-order chi connectivity index (χ1) is 26.0. The highest BCUT2D eigenvalue weighted by Crippen LogP contribution is 2.38. The van der Waals surface area contributed by atoms with Crippen LogP contribution in [-0.4, -0.2) is 113 Å². The number of hydrogen-bond donors (Lipinski definition) is 3. The van der Waals surface area contributed by atoms with E-state index in [2.05, 4.69) is 13.5 Å². The van der Waals surface area contributed by atoms with Gasteiger partial charge in [0.15, 0.2) is 0 Å². The molecule has 0 radical (unpaired) electrons. The van der Waals surface area contributed by atoms with Crippen LogP contribution in [0.1, 0.15) is 112 Å². The topological polar surface area (TPSA) is 169 Å². The van der Waals surface area contributed by atoms with Gasteiger partial charge in [0, 0.05) is 44.9 Å². The van der Waals surface area contributed by atoms with Crippen molar-refractivity contribution in [1.29, 1.82) is 0 Å². The number of ketones is 2. The number of rotatable bonds is 6. The molecule has 310 valence electrons. The second-order valence-electron chi connectivity index (χ2n) is 16.9. The molecule has 0 spiro atoms. The van der Waals surface area contributed by atoms with E-state index in [1.807, 2.05) is 26.0 Å². The highest BCUT2D eigenvalue weighted by Gasteiger charge is 2.55. The predicted octanol–water partition coefficient (Wildman–Crippen LogP) is 5.01. The molecule has 7 unspecified atom stereocenters. The van der Waals surface area contributed by atoms with E-state index in [0.29, 0.717) is 69.8 Å². The van der Waals surface area contributed by atoms with Crippen molar-refractivity contribution in [3.8, 4) is 0 Å². The zero-order valence-electron chi connectivity index (χ0n) is 34.1. The minimum Gasteiger partial charge on any atom is -0.456 e. The number of fused-ring (bicyclic) bond motifs is 3. The lowest BCUT2D eigenvalue weighted by atomic mass is 9.81. The summed E-state index contributed by atoms with van der Waals surface area (Å²) in [6.45, 7) is 13.3. The monoisotopic (exact) mass is 773 g/mol. The van der Waals surface area contributed by atoms with Gasteiger partial charge in [0.2, 0.25) is 5.79 Å². The van der Waals surface area contributed by atoms with Crippen molar-refractivity contribution in [3.63, 3.8) is 0 Å². The van der Waals surface area contributed by atoms with Gasteiger partial charge in [-0.15, -0.1) is 6.58 Å². The molecule has 4 aliphatic rings. The van der Waals surface area contributed by atoms with Crippen LogP contribution in [0.25, 0.3) is 0 Å². The zero-order valence-corrected chi connectivity index (χ0v) is 34.1. The number of hydrogen-bond acceptors (Lipinski definition) is 11. The number of ether oxygens (including phenoxy) is 4. The van der Waals surface area contributed by atoms with E-state index in [9.17, 15) is 34.5 Å². The van der Waals surface area contributed by atoms with Gasteiger partial charge in [-0.3, -0.25) is 14.4 Å². The molecule has 12 heteroatoms. The van der Waals surface area contributed by atoms with E-state index < -0.39 is 77.8 Å². The summed E-state index contributed by atoms with van der Waals surface area (Å²) in [5, 5.41) is 33.9. The van der Waals surface area contributed by atoms with E-state index in [4.69, 9.17) is 18.9 Å². The first-order valence-corrected chi connectivity index (χ1v) is 20.4. The van der Waals surface area contributed by atoms with Crippen LogP contribution in [0, 0.1) is 29.6 Å². The second-order valence-corrected chi connectivity index (χ2v) is 16.9. The van der Waals surface area contributed by atoms with Gasteiger partial charge in [0.1, 0.15) is 17.9 Å². The molecule has 0 aromatic heterocycles. The van der Waals surface area contributed by atoms with Crippen molar-refractivity contribution in [2.45, 2.75) is 160 Å². The molecule has 1 saturated carbocycles. The maximum Gasteiger partial charge on any atom is 0.329 e. The number of carbonyl (C=O) groups excluding carboxylic acids is 4. The Morgan fingerprint density at radius 3 is 2.35 bits per heavy atom. The SMILES string of the molecule is C=CCC1/C=C(\C)C[C@H](C)CC[C@H]2OC(O)(C(=O)C(=O)N3CCCCC3C(=O)O[C@H](/C(C)=C/C3CC[C@@H](O)C(OC)C3)[C@H](C)[C@@H](O)CC1=O)C(C)CC2OC. The quantitative estimate of drug-likeness (QED) is 0.188. The number of methoxy groups -OCH3 is 2. The number of cyclic esters (lactones) is 1. The number of esters is 1. The van der Waals surface area contributed by atoms with Crippen molar-refractivity contribution in [2.24, 2.45) is 29.6 Å². The van der Waals surface area contributed by atoms with E-state index in [1.165, 1.54) is 4.90 Å². The van der Waals surface area contributed by atoms with Crippen molar-refractivity contribution in [1.82, 2.24) is 4.90 Å². The van der Waals surface area contributed by atoms with Crippen LogP contribution < -0.4 is 0 Å². The molecule has 3 aliphatic heterocycles. The molecule has 3 heterocycles. The fourth-order valence-electron chi connectivity index (χ4n) is 9.12. The van der Waals surface area contributed by atoms with Crippen LogP contribution in [0.5, 0.6) is 0 Å². The zero-order chi connectivity index (χ0) is 40.6. The van der Waals surface area contributed by atoms with Crippen molar-refractivity contribution in [2.75, 3.05) is 20.8 Å². The molecule has 13 atom stereocenters. The highest BCUT2D eigenvalue weighted by molar-refractivity contribution is 6.39. The van der Waals surface area contributed by atoms with Crippen LogP contribution in [0.4, 0.5) is 0 Å². The van der Waals surface area contributed by atoms with E-state index >= 15 is 0 Å². The first kappa shape index (κ1) is 45.0. The van der Waals surface area contributed by atoms with Gasteiger partial charge < -0.3 is 39.2 Å². The number of nitrogens with zero attached hydrogens (tertiary/aromatic N) is 1. The van der Waals surface area contributed by atoms with Crippen LogP contribution in [-0.2, 0) is 38.1 Å². The molecule has 2 bridgehead atoms. The lowest BCUT2D eigenvalue weighted by Gasteiger charge is -2.45. The number of piperidine rings is 1. The summed E-state index contributed by atoms with van der Waals surface area (Å²) in [4.78, 5) is 57.4. The van der Waals surface area contributed by atoms with Gasteiger partial charge in [0.25, 0.3) is 11.7 Å². The Kier molecular flexibility index (Phi) is 16.4. The lowest BCUT2D eigenvalue weighted by Crippen LogP contribution is -2.62. The number of aliphatic hydroxyl groups is 3. The Balaban J connectivity index is 1.74. The van der Waals surface area contributed by atoms with Gasteiger partial charge in [0.05, 0.1) is 30.5 Å². The minimum absolute atomic E-state index is 0.000723. The molecular weight excluding hydrogens is 706 g/mol. The fraction of sp³-hybridized carbons (Fsp3) is 0.767. The molecule has 55 heavy (non-hydrogen) atoms. The molecule has 3 fully saturated rings. The molecule has 0 aromatic rings. The normalized spacial score (nSPS) is 40.7. The smallest absolute Gasteiger partial charge is 0.329 e. The molecule has 3 N–H and O–H groups in total. The summed E-state index contributed by atoms with van der Waals surface area (Å²) in [6.07, 6.45) is 7.02. The summed E-state index contributed by atoms with van der Waals surface area (Å²) >= 11 is 0. The maximum absolute atomic E-state index is 14.2. The molecule has 0 aromatic carbocycles. The van der Waals surface area contributed by atoms with E-state index in [-0.39, 0.29) is 43.1 Å². The Labute approximate surface area is 327 Å². The summed E-state index contributed by atoms with van der Waals surface area (Å²) < 4.78 is 23.7. The van der Waals surface area contributed by atoms with Crippen molar-refractivity contribution < 1.29 is 53.4 Å². The molecule has 2 saturated heterocycles. The number of allylic oxidation sites excluding steroid dienone is 4. The largest absolute Gasteiger partial charge is 0.456 e. The predicted molar refractivity (Wildman–Crippen MR) is 206 cm³/mol. The number of aliphatic hydroxyl groups excluding tert-OH is 2. The van der Waals surface area contributed by atoms with Gasteiger partial charge >= 0.3 is 5.97 Å². The van der Waals surface area contributed by atoms with Crippen LogP contribution >= 0.6 is 0 Å². The van der Waals surface area contributed by atoms with Crippen molar-refractivity contribution in [3.05, 3.63) is 36.0 Å². The third kappa shape index (κ3) is 11.0. The van der Waals surface area contributed by atoms with E-state index in [1.54, 1.807) is 34.1 Å². The van der Waals surface area contributed by atoms with Crippen molar-refractivity contribution >= 4 is 23.4 Å². The Morgan fingerprint density at radius 2 is 1.67 bits per heavy atom. The molecule has 1 amide bonds. The van der Waals surface area contributed by atoms with Gasteiger partial charge in [-0.25, -0.2) is 4.79 Å². The molecule has 4 rings (SSSR count).